The molecule has 2 amide bonds. The van der Waals surface area contributed by atoms with Gasteiger partial charge in [-0.05, 0) is 62.4 Å². The lowest BCUT2D eigenvalue weighted by Gasteiger charge is -2.31. The van der Waals surface area contributed by atoms with Gasteiger partial charge in [-0.2, -0.15) is 0 Å². The maximum Gasteiger partial charge on any atom is 0.254 e. The van der Waals surface area contributed by atoms with Gasteiger partial charge in [-0.1, -0.05) is 24.3 Å². The minimum Gasteiger partial charge on any atom is -0.339 e. The zero-order valence-corrected chi connectivity index (χ0v) is 18.3. The van der Waals surface area contributed by atoms with Gasteiger partial charge < -0.3 is 10.2 Å². The summed E-state index contributed by atoms with van der Waals surface area (Å²) in [5.74, 6) is -0.364. The molecule has 2 aromatic carbocycles. The number of carbonyl (C=O) groups is 2. The molecule has 1 aliphatic heterocycles. The van der Waals surface area contributed by atoms with Crippen molar-refractivity contribution in [2.75, 3.05) is 18.4 Å². The highest BCUT2D eigenvalue weighted by molar-refractivity contribution is 7.89. The Bertz CT molecular complexity index is 1090. The summed E-state index contributed by atoms with van der Waals surface area (Å²) in [4.78, 5) is 27.4. The van der Waals surface area contributed by atoms with Crippen molar-refractivity contribution >= 4 is 27.5 Å². The second-order valence-corrected chi connectivity index (χ2v) is 10.0. The van der Waals surface area contributed by atoms with Crippen LogP contribution in [0.2, 0.25) is 0 Å². The normalized spacial score (nSPS) is 17.4. The van der Waals surface area contributed by atoms with Crippen LogP contribution in [0.15, 0.2) is 53.4 Å². The van der Waals surface area contributed by atoms with Crippen LogP contribution < -0.4 is 10.0 Å². The highest BCUT2D eigenvalue weighted by Crippen LogP contribution is 2.25. The minimum atomic E-state index is -3.57. The van der Waals surface area contributed by atoms with E-state index in [1.54, 1.807) is 17.0 Å². The van der Waals surface area contributed by atoms with Crippen LogP contribution in [-0.2, 0) is 14.8 Å². The predicted octanol–water partition coefficient (Wildman–Crippen LogP) is 2.93. The lowest BCUT2D eigenvalue weighted by molar-refractivity contribution is -0.121. The van der Waals surface area contributed by atoms with Crippen molar-refractivity contribution in [3.05, 3.63) is 59.7 Å². The standard InChI is InChI=1S/C23H27N3O4S/c1-16-5-2-3-8-21(16)23(28)26-13-11-17(12-14-26)22(27)24-19-6-4-7-20(15-19)31(29,30)25-18-9-10-18/h2-8,15,17-18,25H,9-14H2,1H3,(H,24,27). The third kappa shape index (κ3) is 5.14. The molecule has 8 heteroatoms. The second-order valence-electron chi connectivity index (χ2n) is 8.29. The molecule has 7 nitrogen and oxygen atoms in total. The lowest BCUT2D eigenvalue weighted by atomic mass is 9.95. The Morgan fingerprint density at radius 2 is 1.68 bits per heavy atom. The molecule has 164 valence electrons. The first kappa shape index (κ1) is 21.5. The number of carbonyl (C=O) groups excluding carboxylic acids is 2. The number of likely N-dealkylation sites (tertiary alicyclic amines) is 1. The van der Waals surface area contributed by atoms with Crippen LogP contribution in [0.4, 0.5) is 5.69 Å². The average Bonchev–Trinajstić information content (AvgIpc) is 3.57. The van der Waals surface area contributed by atoms with Gasteiger partial charge >= 0.3 is 0 Å². The summed E-state index contributed by atoms with van der Waals surface area (Å²) in [7, 11) is -3.57. The van der Waals surface area contributed by atoms with Crippen molar-refractivity contribution in [1.29, 1.82) is 0 Å². The van der Waals surface area contributed by atoms with Crippen molar-refractivity contribution in [2.45, 2.75) is 43.5 Å². The Balaban J connectivity index is 1.35. The summed E-state index contributed by atoms with van der Waals surface area (Å²) < 4.78 is 27.4. The van der Waals surface area contributed by atoms with Crippen LogP contribution in [-0.4, -0.2) is 44.3 Å². The van der Waals surface area contributed by atoms with Crippen molar-refractivity contribution in [2.24, 2.45) is 5.92 Å². The number of benzene rings is 2. The van der Waals surface area contributed by atoms with Gasteiger partial charge in [0.25, 0.3) is 5.91 Å². The van der Waals surface area contributed by atoms with Gasteiger partial charge in [-0.15, -0.1) is 0 Å². The molecule has 2 N–H and O–H groups in total. The summed E-state index contributed by atoms with van der Waals surface area (Å²) in [6.45, 7) is 2.96. The summed E-state index contributed by atoms with van der Waals surface area (Å²) in [6, 6.07) is 13.9. The van der Waals surface area contributed by atoms with Gasteiger partial charge in [0.2, 0.25) is 15.9 Å². The average molecular weight is 442 g/mol. The van der Waals surface area contributed by atoms with Gasteiger partial charge in [0, 0.05) is 36.3 Å². The van der Waals surface area contributed by atoms with E-state index in [1.165, 1.54) is 12.1 Å². The molecule has 0 unspecified atom stereocenters. The van der Waals surface area contributed by atoms with Crippen molar-refractivity contribution in [3.8, 4) is 0 Å². The van der Waals surface area contributed by atoms with Gasteiger partial charge in [-0.3, -0.25) is 9.59 Å². The summed E-state index contributed by atoms with van der Waals surface area (Å²) in [5, 5.41) is 2.84. The molecule has 2 aromatic rings. The second kappa shape index (κ2) is 8.80. The highest BCUT2D eigenvalue weighted by atomic mass is 32.2. The third-order valence-electron chi connectivity index (χ3n) is 5.84. The van der Waals surface area contributed by atoms with E-state index < -0.39 is 10.0 Å². The molecule has 1 saturated heterocycles. The molecule has 0 aromatic heterocycles. The molecule has 0 spiro atoms. The number of piperidine rings is 1. The predicted molar refractivity (Wildman–Crippen MR) is 118 cm³/mol. The Labute approximate surface area is 182 Å². The number of sulfonamides is 1. The molecule has 31 heavy (non-hydrogen) atoms. The molecule has 1 saturated carbocycles. The van der Waals surface area contributed by atoms with E-state index in [-0.39, 0.29) is 28.7 Å². The monoisotopic (exact) mass is 441 g/mol. The number of hydrogen-bond acceptors (Lipinski definition) is 4. The summed E-state index contributed by atoms with van der Waals surface area (Å²) >= 11 is 0. The number of amides is 2. The lowest BCUT2D eigenvalue weighted by Crippen LogP contribution is -2.41. The molecule has 0 atom stereocenters. The maximum absolute atomic E-state index is 12.8. The Morgan fingerprint density at radius 1 is 0.968 bits per heavy atom. The Kier molecular flexibility index (Phi) is 6.11. The fourth-order valence-electron chi connectivity index (χ4n) is 3.80. The quantitative estimate of drug-likeness (QED) is 0.721. The smallest absolute Gasteiger partial charge is 0.254 e. The zero-order chi connectivity index (χ0) is 22.0. The van der Waals surface area contributed by atoms with Gasteiger partial charge in [0.1, 0.15) is 0 Å². The first-order chi connectivity index (χ1) is 14.8. The van der Waals surface area contributed by atoms with Crippen LogP contribution in [0.1, 0.15) is 41.6 Å². The molecular formula is C23H27N3O4S. The van der Waals surface area contributed by atoms with Crippen LogP contribution in [0.25, 0.3) is 0 Å². The topological polar surface area (TPSA) is 95.6 Å². The molecular weight excluding hydrogens is 414 g/mol. The van der Waals surface area contributed by atoms with Crippen LogP contribution in [0, 0.1) is 12.8 Å². The fourth-order valence-corrected chi connectivity index (χ4v) is 5.15. The van der Waals surface area contributed by atoms with E-state index >= 15 is 0 Å². The van der Waals surface area contributed by atoms with Crippen molar-refractivity contribution < 1.29 is 18.0 Å². The van der Waals surface area contributed by atoms with Gasteiger partial charge in [-0.25, -0.2) is 13.1 Å². The number of aryl methyl sites for hydroxylation is 1. The largest absolute Gasteiger partial charge is 0.339 e. The van der Waals surface area contributed by atoms with E-state index in [1.807, 2.05) is 31.2 Å². The van der Waals surface area contributed by atoms with Crippen LogP contribution in [0.3, 0.4) is 0 Å². The van der Waals surface area contributed by atoms with E-state index in [2.05, 4.69) is 10.0 Å². The number of hydrogen-bond donors (Lipinski definition) is 2. The van der Waals surface area contributed by atoms with Crippen LogP contribution in [0.5, 0.6) is 0 Å². The van der Waals surface area contributed by atoms with E-state index in [0.29, 0.717) is 37.2 Å². The van der Waals surface area contributed by atoms with E-state index in [4.69, 9.17) is 0 Å². The fraction of sp³-hybridized carbons (Fsp3) is 0.391. The number of nitrogens with zero attached hydrogens (tertiary/aromatic N) is 1. The first-order valence-electron chi connectivity index (χ1n) is 10.6. The molecule has 4 rings (SSSR count). The third-order valence-corrected chi connectivity index (χ3v) is 7.36. The SMILES string of the molecule is Cc1ccccc1C(=O)N1CCC(C(=O)Nc2cccc(S(=O)(=O)NC3CC3)c2)CC1. The number of rotatable bonds is 6. The molecule has 0 bridgehead atoms. The molecule has 0 radical (unpaired) electrons. The molecule has 2 fully saturated rings. The number of nitrogens with one attached hydrogen (secondary N) is 2. The first-order valence-corrected chi connectivity index (χ1v) is 12.1. The van der Waals surface area contributed by atoms with Crippen molar-refractivity contribution in [3.63, 3.8) is 0 Å². The summed E-state index contributed by atoms with van der Waals surface area (Å²) in [6.07, 6.45) is 2.87. The van der Waals surface area contributed by atoms with E-state index in [9.17, 15) is 18.0 Å². The van der Waals surface area contributed by atoms with Gasteiger partial charge in [0.15, 0.2) is 0 Å². The zero-order valence-electron chi connectivity index (χ0n) is 17.5. The van der Waals surface area contributed by atoms with Crippen molar-refractivity contribution in [1.82, 2.24) is 9.62 Å². The minimum absolute atomic E-state index is 0.00183. The molecule has 1 aliphatic carbocycles. The highest BCUT2D eigenvalue weighted by Gasteiger charge is 2.30. The molecule has 1 heterocycles. The van der Waals surface area contributed by atoms with E-state index in [0.717, 1.165) is 18.4 Å². The van der Waals surface area contributed by atoms with Crippen LogP contribution >= 0.6 is 0 Å². The summed E-state index contributed by atoms with van der Waals surface area (Å²) in [5.41, 5.74) is 2.10. The van der Waals surface area contributed by atoms with Gasteiger partial charge in [0.05, 0.1) is 4.90 Å². The molecule has 2 aliphatic rings. The number of anilines is 1. The Morgan fingerprint density at radius 3 is 2.35 bits per heavy atom. The Hall–Kier alpha value is -2.71. The maximum atomic E-state index is 12.8.